The summed E-state index contributed by atoms with van der Waals surface area (Å²) in [6.45, 7) is 1.59. The summed E-state index contributed by atoms with van der Waals surface area (Å²) in [6.07, 6.45) is 0. The van der Waals surface area contributed by atoms with E-state index >= 15 is 0 Å². The van der Waals surface area contributed by atoms with Crippen molar-refractivity contribution in [2.24, 2.45) is 0 Å². The minimum absolute atomic E-state index is 0.135. The molecule has 0 atom stereocenters. The van der Waals surface area contributed by atoms with Crippen LogP contribution in [0.2, 0.25) is 0 Å². The minimum atomic E-state index is -0.464. The van der Waals surface area contributed by atoms with Crippen molar-refractivity contribution in [3.05, 3.63) is 70.4 Å². The van der Waals surface area contributed by atoms with Gasteiger partial charge in [-0.1, -0.05) is 18.2 Å². The Balaban J connectivity index is 2.11. The number of aromatic nitrogens is 2. The van der Waals surface area contributed by atoms with Gasteiger partial charge in [0, 0.05) is 25.5 Å². The van der Waals surface area contributed by atoms with E-state index in [4.69, 9.17) is 0 Å². The van der Waals surface area contributed by atoms with E-state index in [0.29, 0.717) is 5.95 Å². The number of aromatic hydroxyl groups is 1. The van der Waals surface area contributed by atoms with E-state index in [9.17, 15) is 15.2 Å². The van der Waals surface area contributed by atoms with Crippen LogP contribution < -0.4 is 9.80 Å². The maximum atomic E-state index is 11.6. The molecule has 0 fully saturated rings. The summed E-state index contributed by atoms with van der Waals surface area (Å²) >= 11 is 0. The zero-order chi connectivity index (χ0) is 19.6. The number of aryl methyl sites for hydroxylation is 1. The molecule has 0 amide bonds. The first-order valence-corrected chi connectivity index (χ1v) is 8.23. The van der Waals surface area contributed by atoms with Crippen LogP contribution in [-0.2, 0) is 0 Å². The lowest BCUT2D eigenvalue weighted by Gasteiger charge is -2.22. The molecular weight excluding hydrogens is 346 g/mol. The summed E-state index contributed by atoms with van der Waals surface area (Å²) in [5.74, 6) is 0.679. The lowest BCUT2D eigenvalue weighted by molar-refractivity contribution is -0.385. The van der Waals surface area contributed by atoms with Crippen LogP contribution in [-0.4, -0.2) is 34.1 Å². The lowest BCUT2D eigenvalue weighted by atomic mass is 10.2. The minimum Gasteiger partial charge on any atom is -0.508 e. The summed E-state index contributed by atoms with van der Waals surface area (Å²) in [7, 11) is 3.49. The van der Waals surface area contributed by atoms with E-state index in [1.54, 1.807) is 55.1 Å². The van der Waals surface area contributed by atoms with Crippen LogP contribution in [0.3, 0.4) is 0 Å². The Morgan fingerprint density at radius 2 is 1.52 bits per heavy atom. The van der Waals surface area contributed by atoms with Crippen LogP contribution in [0.4, 0.5) is 28.8 Å². The highest BCUT2D eigenvalue weighted by Gasteiger charge is 2.26. The molecule has 0 radical (unpaired) electrons. The molecular formula is C19H19N5O3. The maximum Gasteiger partial charge on any atom is 0.333 e. The Labute approximate surface area is 156 Å². The second-order valence-corrected chi connectivity index (χ2v) is 6.01. The molecule has 3 rings (SSSR count). The standard InChI is InChI=1S/C19H19N5O3/c1-13-17(24(26)27)18(22(2)14-7-5-4-6-8-14)21-19(20-13)23(3)15-9-11-16(25)12-10-15/h4-12,25H,1-3H3. The number of phenols is 1. The molecule has 1 N–H and O–H groups in total. The Bertz CT molecular complexity index is 961. The highest BCUT2D eigenvalue weighted by atomic mass is 16.6. The number of benzene rings is 2. The molecule has 27 heavy (non-hydrogen) atoms. The first kappa shape index (κ1) is 18.1. The first-order valence-electron chi connectivity index (χ1n) is 8.23. The molecule has 0 aliphatic heterocycles. The lowest BCUT2D eigenvalue weighted by Crippen LogP contribution is -2.19. The van der Waals surface area contributed by atoms with Crippen LogP contribution in [0, 0.1) is 17.0 Å². The van der Waals surface area contributed by atoms with Crippen LogP contribution >= 0.6 is 0 Å². The van der Waals surface area contributed by atoms with Gasteiger partial charge in [0.05, 0.1) is 4.92 Å². The number of rotatable bonds is 5. The van der Waals surface area contributed by atoms with E-state index in [1.807, 2.05) is 30.3 Å². The highest BCUT2D eigenvalue weighted by molar-refractivity contribution is 5.71. The van der Waals surface area contributed by atoms with Gasteiger partial charge in [-0.05, 0) is 43.3 Å². The first-order chi connectivity index (χ1) is 12.9. The van der Waals surface area contributed by atoms with Gasteiger partial charge in [-0.15, -0.1) is 0 Å². The summed E-state index contributed by atoms with van der Waals surface area (Å²) in [5, 5.41) is 21.1. The molecule has 138 valence electrons. The highest BCUT2D eigenvalue weighted by Crippen LogP contribution is 2.35. The number of hydrogen-bond acceptors (Lipinski definition) is 7. The molecule has 0 saturated heterocycles. The van der Waals surface area contributed by atoms with E-state index in [2.05, 4.69) is 9.97 Å². The van der Waals surface area contributed by atoms with Crippen molar-refractivity contribution in [1.29, 1.82) is 0 Å². The molecule has 0 aliphatic carbocycles. The van der Waals surface area contributed by atoms with E-state index < -0.39 is 4.92 Å². The predicted octanol–water partition coefficient (Wildman–Crippen LogP) is 3.93. The van der Waals surface area contributed by atoms with E-state index in [0.717, 1.165) is 11.4 Å². The van der Waals surface area contributed by atoms with E-state index in [-0.39, 0.29) is 22.9 Å². The van der Waals surface area contributed by atoms with Gasteiger partial charge >= 0.3 is 5.69 Å². The summed E-state index contributed by atoms with van der Waals surface area (Å²) in [6, 6.07) is 15.8. The van der Waals surface area contributed by atoms with Gasteiger partial charge in [0.25, 0.3) is 0 Å². The third-order valence-corrected chi connectivity index (χ3v) is 4.21. The van der Waals surface area contributed by atoms with Crippen LogP contribution in [0.1, 0.15) is 5.69 Å². The Hall–Kier alpha value is -3.68. The van der Waals surface area contributed by atoms with Crippen LogP contribution in [0.25, 0.3) is 0 Å². The second-order valence-electron chi connectivity index (χ2n) is 6.01. The van der Waals surface area contributed by atoms with Crippen LogP contribution in [0.5, 0.6) is 5.75 Å². The zero-order valence-electron chi connectivity index (χ0n) is 15.2. The summed E-state index contributed by atoms with van der Waals surface area (Å²) in [4.78, 5) is 23.3. The molecule has 0 unspecified atom stereocenters. The van der Waals surface area contributed by atoms with Crippen molar-refractivity contribution in [2.75, 3.05) is 23.9 Å². The molecule has 1 heterocycles. The second kappa shape index (κ2) is 7.28. The molecule has 3 aromatic rings. The number of hydrogen-bond donors (Lipinski definition) is 1. The number of nitro groups is 1. The topological polar surface area (TPSA) is 95.6 Å². The van der Waals surface area contributed by atoms with Gasteiger partial charge in [-0.2, -0.15) is 4.98 Å². The molecule has 2 aromatic carbocycles. The van der Waals surface area contributed by atoms with Gasteiger partial charge in [-0.3, -0.25) is 10.1 Å². The largest absolute Gasteiger partial charge is 0.508 e. The zero-order valence-corrected chi connectivity index (χ0v) is 15.2. The van der Waals surface area contributed by atoms with Crippen molar-refractivity contribution in [1.82, 2.24) is 9.97 Å². The SMILES string of the molecule is Cc1nc(N(C)c2ccc(O)cc2)nc(N(C)c2ccccc2)c1[N+](=O)[O-]. The number of anilines is 4. The molecule has 8 nitrogen and oxygen atoms in total. The van der Waals surface area contributed by atoms with Crippen molar-refractivity contribution < 1.29 is 10.0 Å². The van der Waals surface area contributed by atoms with Gasteiger partial charge in [0.2, 0.25) is 11.8 Å². The molecule has 0 spiro atoms. The predicted molar refractivity (Wildman–Crippen MR) is 104 cm³/mol. The normalized spacial score (nSPS) is 10.5. The van der Waals surface area contributed by atoms with Crippen molar-refractivity contribution in [3.8, 4) is 5.75 Å². The summed E-state index contributed by atoms with van der Waals surface area (Å²) in [5.41, 5.74) is 1.66. The summed E-state index contributed by atoms with van der Waals surface area (Å²) < 4.78 is 0. The Kier molecular flexibility index (Phi) is 4.89. The number of phenolic OH excluding ortho intramolecular Hbond substituents is 1. The monoisotopic (exact) mass is 365 g/mol. The Morgan fingerprint density at radius 3 is 2.11 bits per heavy atom. The molecule has 0 aliphatic rings. The van der Waals surface area contributed by atoms with Crippen molar-refractivity contribution in [3.63, 3.8) is 0 Å². The average Bonchev–Trinajstić information content (AvgIpc) is 2.67. The van der Waals surface area contributed by atoms with Gasteiger partial charge < -0.3 is 14.9 Å². The van der Waals surface area contributed by atoms with Gasteiger partial charge in [0.15, 0.2) is 0 Å². The quantitative estimate of drug-likeness (QED) is 0.540. The fourth-order valence-electron chi connectivity index (χ4n) is 2.70. The number of para-hydroxylation sites is 1. The number of nitrogens with zero attached hydrogens (tertiary/aromatic N) is 5. The maximum absolute atomic E-state index is 11.6. The van der Waals surface area contributed by atoms with Gasteiger partial charge in [-0.25, -0.2) is 4.98 Å². The third-order valence-electron chi connectivity index (χ3n) is 4.21. The molecule has 8 heteroatoms. The van der Waals surface area contributed by atoms with E-state index in [1.165, 1.54) is 0 Å². The molecule has 0 bridgehead atoms. The van der Waals surface area contributed by atoms with Crippen LogP contribution in [0.15, 0.2) is 54.6 Å². The fraction of sp³-hybridized carbons (Fsp3) is 0.158. The van der Waals surface area contributed by atoms with Crippen molar-refractivity contribution >= 4 is 28.8 Å². The fourth-order valence-corrected chi connectivity index (χ4v) is 2.70. The average molecular weight is 365 g/mol. The third kappa shape index (κ3) is 3.64. The Morgan fingerprint density at radius 1 is 0.926 bits per heavy atom. The smallest absolute Gasteiger partial charge is 0.333 e. The van der Waals surface area contributed by atoms with Gasteiger partial charge in [0.1, 0.15) is 11.4 Å². The van der Waals surface area contributed by atoms with Crippen molar-refractivity contribution in [2.45, 2.75) is 6.92 Å². The molecule has 1 aromatic heterocycles. The molecule has 0 saturated carbocycles.